The maximum Gasteiger partial charge on any atom is 0.309 e. The van der Waals surface area contributed by atoms with Crippen LogP contribution in [0.1, 0.15) is 71.6 Å². The zero-order valence-electron chi connectivity index (χ0n) is 14.7. The maximum absolute atomic E-state index is 12.1. The van der Waals surface area contributed by atoms with E-state index in [0.29, 0.717) is 29.8 Å². The highest BCUT2D eigenvalue weighted by atomic mass is 16.4. The summed E-state index contributed by atoms with van der Waals surface area (Å²) in [6.45, 7) is 4.80. The number of rotatable bonds is 2. The Morgan fingerprint density at radius 1 is 1.04 bits per heavy atom. The highest BCUT2D eigenvalue weighted by molar-refractivity contribution is 5.75. The van der Waals surface area contributed by atoms with Crippen molar-refractivity contribution in [1.82, 2.24) is 0 Å². The van der Waals surface area contributed by atoms with Gasteiger partial charge < -0.3 is 10.2 Å². The lowest BCUT2D eigenvalue weighted by molar-refractivity contribution is -0.181. The monoisotopic (exact) mass is 320 g/mol. The van der Waals surface area contributed by atoms with Crippen LogP contribution in [0.4, 0.5) is 0 Å². The van der Waals surface area contributed by atoms with Crippen LogP contribution in [-0.4, -0.2) is 22.8 Å². The third-order valence-electron chi connectivity index (χ3n) is 9.00. The Morgan fingerprint density at radius 2 is 1.83 bits per heavy atom. The minimum Gasteiger partial charge on any atom is -0.481 e. The summed E-state index contributed by atoms with van der Waals surface area (Å²) in [5, 5.41) is 19.7. The third-order valence-corrected chi connectivity index (χ3v) is 9.00. The molecule has 4 aliphatic carbocycles. The van der Waals surface area contributed by atoms with E-state index in [9.17, 15) is 15.0 Å². The highest BCUT2D eigenvalue weighted by Gasteiger charge is 2.65. The number of aliphatic hydroxyl groups excluding tert-OH is 1. The first kappa shape index (κ1) is 15.9. The van der Waals surface area contributed by atoms with E-state index in [1.807, 2.05) is 6.92 Å². The molecule has 4 fully saturated rings. The Balaban J connectivity index is 1.71. The van der Waals surface area contributed by atoms with Crippen LogP contribution >= 0.6 is 0 Å². The number of carbonyl (C=O) groups is 1. The van der Waals surface area contributed by atoms with E-state index in [1.165, 1.54) is 38.5 Å². The van der Waals surface area contributed by atoms with Crippen LogP contribution in [0.2, 0.25) is 0 Å². The van der Waals surface area contributed by atoms with Crippen molar-refractivity contribution >= 4 is 5.97 Å². The zero-order valence-corrected chi connectivity index (χ0v) is 14.7. The molecule has 3 heteroatoms. The molecule has 7 atom stereocenters. The molecule has 0 aromatic carbocycles. The number of hydrogen-bond donors (Lipinski definition) is 2. The van der Waals surface area contributed by atoms with Crippen LogP contribution in [0.25, 0.3) is 0 Å². The van der Waals surface area contributed by atoms with Gasteiger partial charge in [0, 0.05) is 6.61 Å². The molecule has 0 aromatic rings. The summed E-state index contributed by atoms with van der Waals surface area (Å²) in [6, 6.07) is 0. The summed E-state index contributed by atoms with van der Waals surface area (Å²) >= 11 is 0. The molecule has 2 bridgehead atoms. The van der Waals surface area contributed by atoms with Gasteiger partial charge >= 0.3 is 5.97 Å². The lowest BCUT2D eigenvalue weighted by Crippen LogP contribution is -2.58. The molecule has 0 amide bonds. The van der Waals surface area contributed by atoms with Gasteiger partial charge in [0.1, 0.15) is 0 Å². The van der Waals surface area contributed by atoms with Crippen LogP contribution in [0.3, 0.4) is 0 Å². The number of hydrogen-bond acceptors (Lipinski definition) is 2. The molecule has 4 rings (SSSR count). The van der Waals surface area contributed by atoms with Gasteiger partial charge in [-0.2, -0.15) is 0 Å². The minimum absolute atomic E-state index is 0.193. The molecule has 4 saturated carbocycles. The summed E-state index contributed by atoms with van der Waals surface area (Å²) < 4.78 is 0. The number of carboxylic acid groups (broad SMARTS) is 1. The Bertz CT molecular complexity index is 517. The van der Waals surface area contributed by atoms with Crippen molar-refractivity contribution < 1.29 is 15.0 Å². The second-order valence-electron chi connectivity index (χ2n) is 9.78. The van der Waals surface area contributed by atoms with Crippen LogP contribution in [0, 0.1) is 39.9 Å². The first-order valence-corrected chi connectivity index (χ1v) is 9.70. The molecular weight excluding hydrogens is 288 g/mol. The number of fused-ring (bicyclic) bond motifs is 3. The summed E-state index contributed by atoms with van der Waals surface area (Å²) in [7, 11) is 0. The van der Waals surface area contributed by atoms with E-state index >= 15 is 0 Å². The first-order chi connectivity index (χ1) is 10.9. The van der Waals surface area contributed by atoms with Gasteiger partial charge in [-0.05, 0) is 92.8 Å². The normalized spacial score (nSPS) is 55.1. The topological polar surface area (TPSA) is 57.5 Å². The van der Waals surface area contributed by atoms with Crippen LogP contribution in [0.5, 0.6) is 0 Å². The average molecular weight is 320 g/mol. The van der Waals surface area contributed by atoms with Crippen LogP contribution < -0.4 is 0 Å². The van der Waals surface area contributed by atoms with Crippen molar-refractivity contribution in [3.8, 4) is 0 Å². The third kappa shape index (κ3) is 1.95. The van der Waals surface area contributed by atoms with Crippen molar-refractivity contribution in [1.29, 1.82) is 0 Å². The van der Waals surface area contributed by atoms with Crippen molar-refractivity contribution in [3.05, 3.63) is 0 Å². The molecule has 0 aromatic heterocycles. The molecule has 0 saturated heterocycles. The molecule has 1 spiro atoms. The van der Waals surface area contributed by atoms with Crippen molar-refractivity contribution in [2.24, 2.45) is 39.9 Å². The summed E-state index contributed by atoms with van der Waals surface area (Å²) in [5.41, 5.74) is 0.0811. The van der Waals surface area contributed by atoms with Crippen LogP contribution in [-0.2, 0) is 4.79 Å². The minimum atomic E-state index is -0.572. The van der Waals surface area contributed by atoms with Gasteiger partial charge in [0.05, 0.1) is 5.41 Å². The second-order valence-corrected chi connectivity index (χ2v) is 9.78. The fraction of sp³-hybridized carbons (Fsp3) is 0.950. The molecule has 0 aliphatic heterocycles. The molecule has 1 unspecified atom stereocenters. The van der Waals surface area contributed by atoms with E-state index in [0.717, 1.165) is 25.2 Å². The van der Waals surface area contributed by atoms with Gasteiger partial charge in [-0.25, -0.2) is 0 Å². The van der Waals surface area contributed by atoms with E-state index in [1.54, 1.807) is 0 Å². The largest absolute Gasteiger partial charge is 0.481 e. The lowest BCUT2D eigenvalue weighted by Gasteiger charge is -2.63. The van der Waals surface area contributed by atoms with Crippen molar-refractivity contribution in [2.75, 3.05) is 6.61 Å². The number of carboxylic acids is 1. The van der Waals surface area contributed by atoms with E-state index in [2.05, 4.69) is 6.92 Å². The molecule has 2 N–H and O–H groups in total. The van der Waals surface area contributed by atoms with Gasteiger partial charge in [0.25, 0.3) is 0 Å². The highest BCUT2D eigenvalue weighted by Crippen LogP contribution is 2.72. The van der Waals surface area contributed by atoms with Crippen molar-refractivity contribution in [3.63, 3.8) is 0 Å². The Labute approximate surface area is 139 Å². The quantitative estimate of drug-likeness (QED) is 0.805. The Hall–Kier alpha value is -0.570. The summed E-state index contributed by atoms with van der Waals surface area (Å²) in [6.07, 6.45) is 10.4. The second kappa shape index (κ2) is 4.97. The standard InChI is InChI=1S/C20H32O3/c1-18-7-3-8-19(2,17(22)23)15(18)6-9-20-10-13(4-5-16(18)20)14(11-20)12-21/h13-16,21H,3-12H2,1-2H3,(H,22,23)/t13-,14?,15-,16-,18+,19+,20-/m0/s1. The molecule has 0 heterocycles. The van der Waals surface area contributed by atoms with E-state index in [-0.39, 0.29) is 5.41 Å². The summed E-state index contributed by atoms with van der Waals surface area (Å²) in [4.78, 5) is 12.1. The fourth-order valence-corrected chi connectivity index (χ4v) is 8.06. The Kier molecular flexibility index (Phi) is 3.44. The van der Waals surface area contributed by atoms with Gasteiger partial charge in [-0.15, -0.1) is 0 Å². The molecule has 4 aliphatic rings. The predicted molar refractivity (Wildman–Crippen MR) is 88.9 cm³/mol. The lowest BCUT2D eigenvalue weighted by atomic mass is 9.41. The average Bonchev–Trinajstić information content (AvgIpc) is 2.77. The molecule has 0 radical (unpaired) electrons. The fourth-order valence-electron chi connectivity index (χ4n) is 8.06. The Morgan fingerprint density at radius 3 is 2.52 bits per heavy atom. The van der Waals surface area contributed by atoms with Gasteiger partial charge in [0.2, 0.25) is 0 Å². The number of aliphatic hydroxyl groups is 1. The zero-order chi connectivity index (χ0) is 16.5. The molecule has 3 nitrogen and oxygen atoms in total. The predicted octanol–water partition coefficient (Wildman–Crippen LogP) is 4.09. The maximum atomic E-state index is 12.1. The smallest absolute Gasteiger partial charge is 0.309 e. The van der Waals surface area contributed by atoms with Gasteiger partial charge in [0.15, 0.2) is 0 Å². The molecule has 130 valence electrons. The van der Waals surface area contributed by atoms with Gasteiger partial charge in [-0.1, -0.05) is 13.3 Å². The van der Waals surface area contributed by atoms with Crippen LogP contribution in [0.15, 0.2) is 0 Å². The van der Waals surface area contributed by atoms with E-state index < -0.39 is 11.4 Å². The first-order valence-electron chi connectivity index (χ1n) is 9.70. The van der Waals surface area contributed by atoms with Crippen molar-refractivity contribution in [2.45, 2.75) is 71.6 Å². The number of aliphatic carboxylic acids is 1. The van der Waals surface area contributed by atoms with E-state index in [4.69, 9.17) is 0 Å². The molecule has 23 heavy (non-hydrogen) atoms. The summed E-state index contributed by atoms with van der Waals surface area (Å²) in [5.74, 6) is 1.68. The van der Waals surface area contributed by atoms with Gasteiger partial charge in [-0.3, -0.25) is 4.79 Å². The SMILES string of the molecule is C[C@@]12CCC[C@@](C)(C(=O)O)[C@H]1CC[C@]13CC(CO)[C@@H](CC[C@H]12)C3. The molecular formula is C20H32O3.